The van der Waals surface area contributed by atoms with Crippen LogP contribution in [0.25, 0.3) is 0 Å². The molecule has 0 saturated heterocycles. The normalized spacial score (nSPS) is 14.3. The molecule has 0 spiro atoms. The molecule has 198 valence electrons. The number of nitrogens with two attached hydrogens (primary N) is 2. The van der Waals surface area contributed by atoms with Crippen molar-refractivity contribution in [2.24, 2.45) is 11.5 Å². The minimum Gasteiger partial charge on any atom is -0.480 e. The lowest BCUT2D eigenvalue weighted by atomic mass is 10.1. The van der Waals surface area contributed by atoms with Crippen LogP contribution in [0.3, 0.4) is 0 Å². The Morgan fingerprint density at radius 2 is 1.39 bits per heavy atom. The van der Waals surface area contributed by atoms with Crippen LogP contribution >= 0.6 is 0 Å². The smallest absolute Gasteiger partial charge is 0.326 e. The zero-order valence-electron chi connectivity index (χ0n) is 19.6. The molecule has 0 aliphatic carbocycles. The van der Waals surface area contributed by atoms with E-state index in [4.69, 9.17) is 16.6 Å². The second-order valence-electron chi connectivity index (χ2n) is 8.16. The van der Waals surface area contributed by atoms with Crippen molar-refractivity contribution in [3.63, 3.8) is 0 Å². The van der Waals surface area contributed by atoms with Gasteiger partial charge in [-0.2, -0.15) is 0 Å². The number of carbonyl (C=O) groups is 4. The van der Waals surface area contributed by atoms with E-state index in [1.165, 1.54) is 25.0 Å². The Morgan fingerprint density at radius 3 is 1.89 bits per heavy atom. The number of hydrogen-bond donors (Lipinski definition) is 9. The fraction of sp³-hybridized carbons (Fsp3) is 0.524. The highest BCUT2D eigenvalue weighted by atomic mass is 16.4. The van der Waals surface area contributed by atoms with Crippen molar-refractivity contribution in [2.75, 3.05) is 13.2 Å². The number of carbonyl (C=O) groups excluding carboxylic acids is 3. The largest absolute Gasteiger partial charge is 0.480 e. The Balaban J connectivity index is 2.18. The van der Waals surface area contributed by atoms with Crippen molar-refractivity contribution in [3.05, 3.63) is 36.4 Å². The summed E-state index contributed by atoms with van der Waals surface area (Å²) in [6, 6.07) is -4.76. The summed E-state index contributed by atoms with van der Waals surface area (Å²) in [5.41, 5.74) is 12.1. The van der Waals surface area contributed by atoms with Crippen LogP contribution in [0.5, 0.6) is 0 Å². The zero-order valence-corrected chi connectivity index (χ0v) is 19.6. The van der Waals surface area contributed by atoms with Crippen molar-refractivity contribution in [1.82, 2.24) is 35.9 Å². The maximum Gasteiger partial charge on any atom is 0.326 e. The van der Waals surface area contributed by atoms with Gasteiger partial charge in [0.05, 0.1) is 19.3 Å². The maximum atomic E-state index is 13.1. The van der Waals surface area contributed by atoms with Crippen LogP contribution in [0.2, 0.25) is 0 Å². The first-order valence-electron chi connectivity index (χ1n) is 11.4. The first-order valence-corrected chi connectivity index (χ1v) is 11.4. The molecule has 4 unspecified atom stereocenters. The SMILES string of the molecule is NCCCCC(NC(=O)C(N)CO)C(=O)NC(Cc1cnc[nH]1)C(=O)NC(Cc1cnc[nH]1)C(=O)O. The fourth-order valence-electron chi connectivity index (χ4n) is 3.31. The molecule has 15 nitrogen and oxygen atoms in total. The second-order valence-corrected chi connectivity index (χ2v) is 8.16. The van der Waals surface area contributed by atoms with E-state index in [1.807, 2.05) is 0 Å². The number of aliphatic carboxylic acids is 1. The number of nitrogens with zero attached hydrogens (tertiary/aromatic N) is 2. The summed E-state index contributed by atoms with van der Waals surface area (Å²) in [6.45, 7) is -0.225. The lowest BCUT2D eigenvalue weighted by molar-refractivity contribution is -0.142. The quantitative estimate of drug-likeness (QED) is 0.103. The van der Waals surface area contributed by atoms with Crippen LogP contribution in [-0.4, -0.2) is 91.2 Å². The molecule has 4 atom stereocenters. The number of aromatic amines is 2. The van der Waals surface area contributed by atoms with E-state index in [9.17, 15) is 24.3 Å². The predicted molar refractivity (Wildman–Crippen MR) is 126 cm³/mol. The van der Waals surface area contributed by atoms with Gasteiger partial charge in [-0.1, -0.05) is 0 Å². The minimum atomic E-state index is -1.29. The van der Waals surface area contributed by atoms with Crippen LogP contribution in [0.1, 0.15) is 30.7 Å². The second kappa shape index (κ2) is 14.6. The summed E-state index contributed by atoms with van der Waals surface area (Å²) >= 11 is 0. The molecule has 0 fully saturated rings. The summed E-state index contributed by atoms with van der Waals surface area (Å²) in [6.07, 6.45) is 6.93. The Kier molecular flexibility index (Phi) is 11.5. The number of unbranched alkanes of at least 4 members (excludes halogenated alkanes) is 1. The first-order chi connectivity index (χ1) is 17.2. The van der Waals surface area contributed by atoms with Crippen LogP contribution in [0.4, 0.5) is 0 Å². The summed E-state index contributed by atoms with van der Waals surface area (Å²) in [5, 5.41) is 26.2. The van der Waals surface area contributed by atoms with E-state index in [1.54, 1.807) is 0 Å². The van der Waals surface area contributed by atoms with Gasteiger partial charge in [-0.25, -0.2) is 14.8 Å². The monoisotopic (exact) mass is 507 g/mol. The number of nitrogens with one attached hydrogen (secondary N) is 5. The van der Waals surface area contributed by atoms with Gasteiger partial charge in [-0.3, -0.25) is 14.4 Å². The molecule has 2 aromatic heterocycles. The number of aliphatic hydroxyl groups excluding tert-OH is 1. The van der Waals surface area contributed by atoms with Crippen LogP contribution < -0.4 is 27.4 Å². The molecule has 2 rings (SSSR count). The predicted octanol–water partition coefficient (Wildman–Crippen LogP) is -3.09. The van der Waals surface area contributed by atoms with E-state index in [0.717, 1.165) is 0 Å². The van der Waals surface area contributed by atoms with E-state index in [2.05, 4.69) is 35.9 Å². The van der Waals surface area contributed by atoms with Crippen molar-refractivity contribution in [3.8, 4) is 0 Å². The van der Waals surface area contributed by atoms with Crippen molar-refractivity contribution < 1.29 is 29.4 Å². The van der Waals surface area contributed by atoms with Crippen molar-refractivity contribution >= 4 is 23.7 Å². The third-order valence-corrected chi connectivity index (χ3v) is 5.32. The molecule has 2 heterocycles. The van der Waals surface area contributed by atoms with Gasteiger partial charge in [0.2, 0.25) is 17.7 Å². The average Bonchev–Trinajstić information content (AvgIpc) is 3.56. The number of hydrogen-bond acceptors (Lipinski definition) is 9. The molecule has 2 aromatic rings. The van der Waals surface area contributed by atoms with Crippen molar-refractivity contribution in [2.45, 2.75) is 56.3 Å². The number of amides is 3. The van der Waals surface area contributed by atoms with Crippen LogP contribution in [0, 0.1) is 0 Å². The van der Waals surface area contributed by atoms with Gasteiger partial charge >= 0.3 is 5.97 Å². The molecule has 0 aliphatic rings. The van der Waals surface area contributed by atoms with Gasteiger partial charge in [0.1, 0.15) is 24.2 Å². The molecule has 3 amide bonds. The van der Waals surface area contributed by atoms with Gasteiger partial charge in [0, 0.05) is 36.6 Å². The third kappa shape index (κ3) is 9.09. The molecule has 36 heavy (non-hydrogen) atoms. The fourth-order valence-corrected chi connectivity index (χ4v) is 3.31. The number of aliphatic hydroxyl groups is 1. The van der Waals surface area contributed by atoms with Crippen LogP contribution in [0.15, 0.2) is 25.0 Å². The number of rotatable bonds is 16. The van der Waals surface area contributed by atoms with Gasteiger partial charge in [0.15, 0.2) is 0 Å². The molecule has 0 bridgehead atoms. The average molecular weight is 508 g/mol. The number of aromatic nitrogens is 4. The van der Waals surface area contributed by atoms with Gasteiger partial charge in [-0.05, 0) is 25.8 Å². The number of carboxylic acid groups (broad SMARTS) is 1. The highest BCUT2D eigenvalue weighted by Crippen LogP contribution is 2.06. The lowest BCUT2D eigenvalue weighted by Crippen LogP contribution is -2.58. The molecule has 15 heteroatoms. The van der Waals surface area contributed by atoms with Gasteiger partial charge < -0.3 is 47.6 Å². The summed E-state index contributed by atoms with van der Waals surface area (Å²) in [4.78, 5) is 63.5. The Labute approximate surface area is 206 Å². The topological polar surface area (TPSA) is 254 Å². The van der Waals surface area contributed by atoms with E-state index >= 15 is 0 Å². The van der Waals surface area contributed by atoms with Gasteiger partial charge in [-0.15, -0.1) is 0 Å². The maximum absolute atomic E-state index is 13.1. The Bertz CT molecular complexity index is 967. The lowest BCUT2D eigenvalue weighted by Gasteiger charge is -2.25. The van der Waals surface area contributed by atoms with E-state index in [0.29, 0.717) is 30.8 Å². The summed E-state index contributed by atoms with van der Waals surface area (Å²) < 4.78 is 0. The Hall–Kier alpha value is -3.82. The molecule has 0 radical (unpaired) electrons. The molecule has 11 N–H and O–H groups in total. The van der Waals surface area contributed by atoms with E-state index in [-0.39, 0.29) is 19.3 Å². The molecule has 0 saturated carbocycles. The summed E-state index contributed by atoms with van der Waals surface area (Å²) in [5.74, 6) is -3.42. The van der Waals surface area contributed by atoms with E-state index < -0.39 is 54.5 Å². The van der Waals surface area contributed by atoms with Gasteiger partial charge in [0.25, 0.3) is 0 Å². The third-order valence-electron chi connectivity index (χ3n) is 5.32. The number of carboxylic acids is 1. The minimum absolute atomic E-state index is 0.0202. The molecule has 0 aromatic carbocycles. The molecule has 0 aliphatic heterocycles. The zero-order chi connectivity index (χ0) is 26.5. The highest BCUT2D eigenvalue weighted by Gasteiger charge is 2.30. The molecular weight excluding hydrogens is 474 g/mol. The van der Waals surface area contributed by atoms with Crippen LogP contribution in [-0.2, 0) is 32.0 Å². The first kappa shape index (κ1) is 28.4. The Morgan fingerprint density at radius 1 is 0.861 bits per heavy atom. The standard InChI is InChI=1S/C21H33N9O6/c22-4-2-1-3-15(28-18(32)14(23)9-31)19(33)29-16(5-12-7-24-10-26-12)20(34)30-17(21(35)36)6-13-8-25-11-27-13/h7-8,10-11,14-17,31H,1-6,9,22-23H2,(H,24,26)(H,25,27)(H,28,32)(H,29,33)(H,30,34)(H,35,36). The number of imidazole rings is 2. The van der Waals surface area contributed by atoms with Crippen molar-refractivity contribution in [1.29, 1.82) is 0 Å². The molecular formula is C21H33N9O6. The summed E-state index contributed by atoms with van der Waals surface area (Å²) in [7, 11) is 0. The number of H-pyrrole nitrogens is 2. The highest BCUT2D eigenvalue weighted by molar-refractivity contribution is 5.94.